The van der Waals surface area contributed by atoms with E-state index >= 15 is 0 Å². The minimum absolute atomic E-state index is 0.250. The summed E-state index contributed by atoms with van der Waals surface area (Å²) in [6, 6.07) is 0.322. The van der Waals surface area contributed by atoms with Gasteiger partial charge in [0.2, 0.25) is 5.91 Å². The predicted molar refractivity (Wildman–Crippen MR) is 58.3 cm³/mol. The highest BCUT2D eigenvalue weighted by Crippen LogP contribution is 2.18. The second kappa shape index (κ2) is 6.05. The summed E-state index contributed by atoms with van der Waals surface area (Å²) in [5, 5.41) is 0. The van der Waals surface area contributed by atoms with Gasteiger partial charge < -0.3 is 16.2 Å². The maximum absolute atomic E-state index is 10.7. The molecule has 1 rings (SSSR count). The summed E-state index contributed by atoms with van der Waals surface area (Å²) in [5.74, 6) is -0.250. The number of nitrogens with two attached hydrogens (primary N) is 2. The van der Waals surface area contributed by atoms with Gasteiger partial charge in [0.1, 0.15) is 0 Å². The molecule has 5 nitrogen and oxygen atoms in total. The monoisotopic (exact) mass is 215 g/mol. The highest BCUT2D eigenvalue weighted by Gasteiger charge is 2.27. The van der Waals surface area contributed by atoms with Crippen LogP contribution in [0.4, 0.5) is 0 Å². The third kappa shape index (κ3) is 3.77. The molecular formula is C10H21N3O2. The van der Waals surface area contributed by atoms with E-state index in [1.54, 1.807) is 7.11 Å². The molecule has 0 aliphatic carbocycles. The van der Waals surface area contributed by atoms with Gasteiger partial charge in [-0.2, -0.15) is 0 Å². The molecule has 0 radical (unpaired) electrons. The third-order valence-corrected chi connectivity index (χ3v) is 3.04. The van der Waals surface area contributed by atoms with Crippen molar-refractivity contribution < 1.29 is 9.53 Å². The lowest BCUT2D eigenvalue weighted by Gasteiger charge is -2.38. The van der Waals surface area contributed by atoms with Gasteiger partial charge in [0.15, 0.2) is 0 Å². The van der Waals surface area contributed by atoms with Gasteiger partial charge >= 0.3 is 0 Å². The molecule has 88 valence electrons. The van der Waals surface area contributed by atoms with Crippen molar-refractivity contribution >= 4 is 5.91 Å². The van der Waals surface area contributed by atoms with Gasteiger partial charge in [0, 0.05) is 39.2 Å². The SMILES string of the molecule is COC1CCN(CCC(N)=O)C(CN)C1. The molecule has 0 spiro atoms. The predicted octanol–water partition coefficient (Wildman–Crippen LogP) is -0.700. The number of carbonyl (C=O) groups excluding carboxylic acids is 1. The van der Waals surface area contributed by atoms with Gasteiger partial charge in [-0.15, -0.1) is 0 Å². The highest BCUT2D eigenvalue weighted by atomic mass is 16.5. The fourth-order valence-corrected chi connectivity index (χ4v) is 2.07. The van der Waals surface area contributed by atoms with Crippen molar-refractivity contribution in [2.24, 2.45) is 11.5 Å². The summed E-state index contributed by atoms with van der Waals surface area (Å²) in [6.07, 6.45) is 2.68. The first-order chi connectivity index (χ1) is 7.17. The van der Waals surface area contributed by atoms with Crippen LogP contribution in [-0.4, -0.2) is 49.7 Å². The van der Waals surface area contributed by atoms with Crippen molar-refractivity contribution in [3.8, 4) is 0 Å². The number of rotatable bonds is 5. The van der Waals surface area contributed by atoms with Gasteiger partial charge in [0.05, 0.1) is 6.10 Å². The first-order valence-electron chi connectivity index (χ1n) is 5.42. The van der Waals surface area contributed by atoms with Gasteiger partial charge in [0.25, 0.3) is 0 Å². The number of piperidine rings is 1. The van der Waals surface area contributed by atoms with Crippen LogP contribution in [-0.2, 0) is 9.53 Å². The molecule has 2 unspecified atom stereocenters. The molecule has 15 heavy (non-hydrogen) atoms. The topological polar surface area (TPSA) is 81.6 Å². The van der Waals surface area contributed by atoms with Crippen LogP contribution in [0.15, 0.2) is 0 Å². The Morgan fingerprint density at radius 1 is 1.60 bits per heavy atom. The first kappa shape index (κ1) is 12.4. The summed E-state index contributed by atoms with van der Waals surface area (Å²) in [4.78, 5) is 12.9. The van der Waals surface area contributed by atoms with E-state index in [4.69, 9.17) is 16.2 Å². The molecular weight excluding hydrogens is 194 g/mol. The largest absolute Gasteiger partial charge is 0.381 e. The zero-order valence-corrected chi connectivity index (χ0v) is 9.32. The lowest BCUT2D eigenvalue weighted by Crippen LogP contribution is -2.49. The molecule has 2 atom stereocenters. The Kier molecular flexibility index (Phi) is 5.01. The standard InChI is InChI=1S/C10H21N3O2/c1-15-9-2-4-13(5-3-10(12)14)8(6-9)7-11/h8-9H,2-7,11H2,1H3,(H2,12,14). The summed E-state index contributed by atoms with van der Waals surface area (Å²) < 4.78 is 5.32. The van der Waals surface area contributed by atoms with Crippen LogP contribution in [0, 0.1) is 0 Å². The van der Waals surface area contributed by atoms with Crippen LogP contribution >= 0.6 is 0 Å². The van der Waals surface area contributed by atoms with E-state index in [2.05, 4.69) is 4.90 Å². The molecule has 1 aliphatic heterocycles. The van der Waals surface area contributed by atoms with E-state index in [0.29, 0.717) is 31.7 Å². The molecule has 4 N–H and O–H groups in total. The molecule has 0 aromatic heterocycles. The molecule has 5 heteroatoms. The van der Waals surface area contributed by atoms with Crippen LogP contribution < -0.4 is 11.5 Å². The molecule has 0 bridgehead atoms. The number of carbonyl (C=O) groups is 1. The molecule has 1 amide bonds. The maximum atomic E-state index is 10.7. The Morgan fingerprint density at radius 3 is 2.87 bits per heavy atom. The zero-order chi connectivity index (χ0) is 11.3. The minimum atomic E-state index is -0.250. The number of methoxy groups -OCH3 is 1. The van der Waals surface area contributed by atoms with Crippen molar-refractivity contribution in [1.29, 1.82) is 0 Å². The number of hydrogen-bond donors (Lipinski definition) is 2. The van der Waals surface area contributed by atoms with Gasteiger partial charge in [-0.25, -0.2) is 0 Å². The quantitative estimate of drug-likeness (QED) is 0.635. The van der Waals surface area contributed by atoms with Crippen molar-refractivity contribution in [3.63, 3.8) is 0 Å². The van der Waals surface area contributed by atoms with E-state index in [1.807, 2.05) is 0 Å². The highest BCUT2D eigenvalue weighted by molar-refractivity contribution is 5.73. The van der Waals surface area contributed by atoms with E-state index in [0.717, 1.165) is 19.4 Å². The zero-order valence-electron chi connectivity index (χ0n) is 9.32. The Hall–Kier alpha value is -0.650. The smallest absolute Gasteiger partial charge is 0.218 e. The normalized spacial score (nSPS) is 27.9. The van der Waals surface area contributed by atoms with Gasteiger partial charge in [-0.3, -0.25) is 9.69 Å². The number of likely N-dealkylation sites (tertiary alicyclic amines) is 1. The Bertz CT molecular complexity index is 211. The van der Waals surface area contributed by atoms with E-state index in [1.165, 1.54) is 0 Å². The molecule has 0 aromatic rings. The number of hydrogen-bond acceptors (Lipinski definition) is 4. The Balaban J connectivity index is 2.40. The van der Waals surface area contributed by atoms with Crippen molar-refractivity contribution in [2.45, 2.75) is 31.4 Å². The van der Waals surface area contributed by atoms with E-state index < -0.39 is 0 Å². The summed E-state index contributed by atoms with van der Waals surface area (Å²) in [5.41, 5.74) is 10.8. The lowest BCUT2D eigenvalue weighted by atomic mass is 9.99. The molecule has 1 saturated heterocycles. The average Bonchev–Trinajstić information content (AvgIpc) is 2.25. The molecule has 0 saturated carbocycles. The lowest BCUT2D eigenvalue weighted by molar-refractivity contribution is -0.118. The fraction of sp³-hybridized carbons (Fsp3) is 0.900. The first-order valence-corrected chi connectivity index (χ1v) is 5.42. The Labute approximate surface area is 90.7 Å². The van der Waals surface area contributed by atoms with Crippen LogP contribution in [0.25, 0.3) is 0 Å². The summed E-state index contributed by atoms with van der Waals surface area (Å²) in [6.45, 7) is 2.26. The third-order valence-electron chi connectivity index (χ3n) is 3.04. The summed E-state index contributed by atoms with van der Waals surface area (Å²) in [7, 11) is 1.73. The van der Waals surface area contributed by atoms with Crippen LogP contribution in [0.1, 0.15) is 19.3 Å². The second-order valence-electron chi connectivity index (χ2n) is 4.02. The molecule has 1 fully saturated rings. The number of primary amides is 1. The minimum Gasteiger partial charge on any atom is -0.381 e. The van der Waals surface area contributed by atoms with Crippen molar-refractivity contribution in [3.05, 3.63) is 0 Å². The fourth-order valence-electron chi connectivity index (χ4n) is 2.07. The van der Waals surface area contributed by atoms with Crippen molar-refractivity contribution in [1.82, 2.24) is 4.90 Å². The summed E-state index contributed by atoms with van der Waals surface area (Å²) >= 11 is 0. The van der Waals surface area contributed by atoms with Crippen LogP contribution in [0.2, 0.25) is 0 Å². The van der Waals surface area contributed by atoms with Gasteiger partial charge in [-0.05, 0) is 12.8 Å². The second-order valence-corrected chi connectivity index (χ2v) is 4.02. The van der Waals surface area contributed by atoms with Crippen molar-refractivity contribution in [2.75, 3.05) is 26.7 Å². The van der Waals surface area contributed by atoms with Crippen LogP contribution in [0.3, 0.4) is 0 Å². The number of ether oxygens (including phenoxy) is 1. The molecule has 1 heterocycles. The Morgan fingerprint density at radius 2 is 2.33 bits per heavy atom. The van der Waals surface area contributed by atoms with Crippen LogP contribution in [0.5, 0.6) is 0 Å². The average molecular weight is 215 g/mol. The van der Waals surface area contributed by atoms with E-state index in [9.17, 15) is 4.79 Å². The number of nitrogens with zero attached hydrogens (tertiary/aromatic N) is 1. The molecule has 0 aromatic carbocycles. The number of amides is 1. The van der Waals surface area contributed by atoms with E-state index in [-0.39, 0.29) is 5.91 Å². The molecule has 1 aliphatic rings. The van der Waals surface area contributed by atoms with Gasteiger partial charge in [-0.1, -0.05) is 0 Å². The maximum Gasteiger partial charge on any atom is 0.218 e.